The third-order valence-electron chi connectivity index (χ3n) is 2.01. The summed E-state index contributed by atoms with van der Waals surface area (Å²) >= 11 is 0. The Morgan fingerprint density at radius 2 is 1.68 bits per heavy atom. The Hall–Kier alpha value is -1.67. The third kappa shape index (κ3) is 5.23. The van der Waals surface area contributed by atoms with Gasteiger partial charge in [0.2, 0.25) is 0 Å². The van der Waals surface area contributed by atoms with Gasteiger partial charge in [-0.25, -0.2) is 8.42 Å². The van der Waals surface area contributed by atoms with Crippen LogP contribution in [0.15, 0.2) is 39.0 Å². The van der Waals surface area contributed by atoms with Gasteiger partial charge in [0.1, 0.15) is 5.84 Å². The van der Waals surface area contributed by atoms with Crippen LogP contribution in [0.5, 0.6) is 0 Å². The summed E-state index contributed by atoms with van der Waals surface area (Å²) in [5, 5.41) is 0.902. The van der Waals surface area contributed by atoms with Crippen molar-refractivity contribution in [3.8, 4) is 0 Å². The minimum atomic E-state index is -3.75. The van der Waals surface area contributed by atoms with Crippen LogP contribution in [0, 0.1) is 0 Å². The molecule has 19 heavy (non-hydrogen) atoms. The fraction of sp³-hybridized carbons (Fsp3) is 0.182. The molecule has 6 nitrogen and oxygen atoms in total. The maximum absolute atomic E-state index is 11.4. The first-order valence-corrected chi connectivity index (χ1v) is 8.55. The van der Waals surface area contributed by atoms with E-state index in [0.29, 0.717) is 5.56 Å². The highest BCUT2D eigenvalue weighted by Crippen LogP contribution is 2.12. The number of rotatable bonds is 4. The topological polar surface area (TPSA) is 107 Å². The lowest BCUT2D eigenvalue weighted by Crippen LogP contribution is -2.08. The van der Waals surface area contributed by atoms with E-state index in [4.69, 9.17) is 5.73 Å². The number of benzene rings is 1. The van der Waals surface area contributed by atoms with Crippen molar-refractivity contribution in [2.75, 3.05) is 6.26 Å². The molecule has 0 radical (unpaired) electrons. The van der Waals surface area contributed by atoms with Gasteiger partial charge in [-0.1, -0.05) is 12.1 Å². The Kier molecular flexibility index (Phi) is 4.48. The minimum Gasteiger partial charge on any atom is -0.387 e. The van der Waals surface area contributed by atoms with Gasteiger partial charge >= 0.3 is 0 Å². The summed E-state index contributed by atoms with van der Waals surface area (Å²) in [4.78, 5) is 0.170. The fourth-order valence-electron chi connectivity index (χ4n) is 1.22. The molecular weight excluding hydrogens is 288 g/mol. The lowest BCUT2D eigenvalue weighted by molar-refractivity contribution is 0.601. The molecular formula is C11H14N2O4S2. The average molecular weight is 302 g/mol. The van der Waals surface area contributed by atoms with Gasteiger partial charge in [0, 0.05) is 6.26 Å². The second kappa shape index (κ2) is 5.54. The van der Waals surface area contributed by atoms with Crippen LogP contribution in [-0.4, -0.2) is 28.9 Å². The SMILES string of the molecule is C/C(N)=N/S(=O)(=O)C=Cc1ccc(S(C)(=O)=O)cc1. The largest absolute Gasteiger partial charge is 0.387 e. The van der Waals surface area contributed by atoms with E-state index in [2.05, 4.69) is 4.40 Å². The monoisotopic (exact) mass is 302 g/mol. The van der Waals surface area contributed by atoms with Crippen LogP contribution in [0.2, 0.25) is 0 Å². The highest BCUT2D eigenvalue weighted by atomic mass is 32.2. The zero-order valence-electron chi connectivity index (χ0n) is 10.4. The molecule has 0 saturated carbocycles. The molecule has 8 heteroatoms. The Balaban J connectivity index is 3.00. The first-order chi connectivity index (χ1) is 8.60. The smallest absolute Gasteiger partial charge is 0.277 e. The van der Waals surface area contributed by atoms with E-state index in [9.17, 15) is 16.8 Å². The normalized spacial score (nSPS) is 13.9. The van der Waals surface area contributed by atoms with E-state index in [1.165, 1.54) is 37.3 Å². The molecule has 0 bridgehead atoms. The van der Waals surface area contributed by atoms with E-state index >= 15 is 0 Å². The maximum atomic E-state index is 11.4. The predicted molar refractivity (Wildman–Crippen MR) is 74.8 cm³/mol. The number of hydrogen-bond acceptors (Lipinski definition) is 4. The maximum Gasteiger partial charge on any atom is 0.277 e. The molecule has 0 heterocycles. The highest BCUT2D eigenvalue weighted by Gasteiger charge is 2.06. The van der Waals surface area contributed by atoms with Gasteiger partial charge in [-0.3, -0.25) is 0 Å². The molecule has 0 fully saturated rings. The summed E-state index contributed by atoms with van der Waals surface area (Å²) in [5.41, 5.74) is 5.73. The second-order valence-electron chi connectivity index (χ2n) is 3.89. The molecule has 0 aromatic heterocycles. The van der Waals surface area contributed by atoms with Crippen LogP contribution in [0.4, 0.5) is 0 Å². The van der Waals surface area contributed by atoms with E-state index in [0.717, 1.165) is 11.7 Å². The van der Waals surface area contributed by atoms with Gasteiger partial charge in [0.05, 0.1) is 10.3 Å². The van der Waals surface area contributed by atoms with Crippen molar-refractivity contribution in [1.82, 2.24) is 0 Å². The van der Waals surface area contributed by atoms with Crippen molar-refractivity contribution in [1.29, 1.82) is 0 Å². The van der Waals surface area contributed by atoms with Gasteiger partial charge in [-0.15, -0.1) is 4.40 Å². The van der Waals surface area contributed by atoms with Gasteiger partial charge in [-0.2, -0.15) is 8.42 Å². The summed E-state index contributed by atoms with van der Waals surface area (Å²) in [7, 11) is -7.01. The van der Waals surface area contributed by atoms with E-state index in [1.54, 1.807) is 0 Å². The molecule has 1 aromatic rings. The Bertz CT molecular complexity index is 710. The van der Waals surface area contributed by atoms with Crippen LogP contribution >= 0.6 is 0 Å². The average Bonchev–Trinajstić information content (AvgIpc) is 2.24. The van der Waals surface area contributed by atoms with Crippen molar-refractivity contribution in [2.24, 2.45) is 10.1 Å². The number of hydrogen-bond donors (Lipinski definition) is 1. The number of nitrogens with two attached hydrogens (primary N) is 1. The first kappa shape index (κ1) is 15.4. The minimum absolute atomic E-state index is 0.0583. The standard InChI is InChI=1S/C11H14N2O4S2/c1-9(12)13-19(16,17)8-7-10-3-5-11(6-4-10)18(2,14)15/h3-8H,1-2H3,(H2,12,13). The number of sulfonamides is 1. The molecule has 0 saturated heterocycles. The zero-order chi connectivity index (χ0) is 14.7. The van der Waals surface area contributed by atoms with E-state index in [-0.39, 0.29) is 10.7 Å². The van der Waals surface area contributed by atoms with E-state index < -0.39 is 19.9 Å². The quantitative estimate of drug-likeness (QED) is 0.653. The number of amidine groups is 1. The molecule has 104 valence electrons. The van der Waals surface area contributed by atoms with E-state index in [1.807, 2.05) is 0 Å². The highest BCUT2D eigenvalue weighted by molar-refractivity contribution is 7.93. The molecule has 1 aromatic carbocycles. The molecule has 0 atom stereocenters. The van der Waals surface area contributed by atoms with Crippen molar-refractivity contribution < 1.29 is 16.8 Å². The van der Waals surface area contributed by atoms with Crippen LogP contribution in [0.25, 0.3) is 6.08 Å². The van der Waals surface area contributed by atoms with Gasteiger partial charge in [-0.05, 0) is 30.7 Å². The first-order valence-electron chi connectivity index (χ1n) is 5.15. The Labute approximate surface area is 112 Å². The molecule has 0 unspecified atom stereocenters. The fourth-order valence-corrected chi connectivity index (χ4v) is 2.64. The van der Waals surface area contributed by atoms with Crippen LogP contribution < -0.4 is 5.73 Å². The summed E-state index contributed by atoms with van der Waals surface area (Å²) in [6.07, 6.45) is 2.41. The van der Waals surface area contributed by atoms with Crippen LogP contribution in [0.1, 0.15) is 12.5 Å². The zero-order valence-corrected chi connectivity index (χ0v) is 12.1. The summed E-state index contributed by atoms with van der Waals surface area (Å²) < 4.78 is 48.5. The summed E-state index contributed by atoms with van der Waals surface area (Å²) in [6, 6.07) is 5.81. The summed E-state index contributed by atoms with van der Waals surface area (Å²) in [5.74, 6) is -0.0583. The molecule has 0 aliphatic carbocycles. The number of nitrogens with zero attached hydrogens (tertiary/aromatic N) is 1. The third-order valence-corrected chi connectivity index (χ3v) is 4.16. The lowest BCUT2D eigenvalue weighted by atomic mass is 10.2. The van der Waals surface area contributed by atoms with Gasteiger partial charge in [0.15, 0.2) is 9.84 Å². The van der Waals surface area contributed by atoms with Crippen molar-refractivity contribution in [3.05, 3.63) is 35.2 Å². The molecule has 0 aliphatic heterocycles. The van der Waals surface area contributed by atoms with Crippen LogP contribution in [0.3, 0.4) is 0 Å². The predicted octanol–water partition coefficient (Wildman–Crippen LogP) is 0.768. The molecule has 0 amide bonds. The van der Waals surface area contributed by atoms with Crippen molar-refractivity contribution in [3.63, 3.8) is 0 Å². The lowest BCUT2D eigenvalue weighted by Gasteiger charge is -1.98. The Morgan fingerprint density at radius 1 is 1.16 bits per heavy atom. The summed E-state index contributed by atoms with van der Waals surface area (Å²) in [6.45, 7) is 1.37. The van der Waals surface area contributed by atoms with Crippen molar-refractivity contribution >= 4 is 31.8 Å². The molecule has 0 aliphatic rings. The second-order valence-corrected chi connectivity index (χ2v) is 7.39. The Morgan fingerprint density at radius 3 is 2.11 bits per heavy atom. The van der Waals surface area contributed by atoms with Gasteiger partial charge < -0.3 is 5.73 Å². The van der Waals surface area contributed by atoms with Crippen molar-refractivity contribution in [2.45, 2.75) is 11.8 Å². The van der Waals surface area contributed by atoms with Crippen LogP contribution in [-0.2, 0) is 19.9 Å². The molecule has 2 N–H and O–H groups in total. The number of sulfone groups is 1. The molecule has 1 rings (SSSR count). The molecule has 0 spiro atoms. The van der Waals surface area contributed by atoms with Gasteiger partial charge in [0.25, 0.3) is 10.0 Å².